The van der Waals surface area contributed by atoms with Crippen LogP contribution in [0.15, 0.2) is 33.9 Å². The van der Waals surface area contributed by atoms with E-state index in [0.717, 1.165) is 11.8 Å². The number of nitrogens with zero attached hydrogens (tertiary/aromatic N) is 6. The highest BCUT2D eigenvalue weighted by atomic mass is 35.5. The molecule has 0 atom stereocenters. The fourth-order valence-corrected chi connectivity index (χ4v) is 2.86. The Hall–Kier alpha value is -3.03. The topological polar surface area (TPSA) is 106 Å². The van der Waals surface area contributed by atoms with Crippen LogP contribution in [-0.2, 0) is 29.4 Å². The van der Waals surface area contributed by atoms with Crippen molar-refractivity contribution >= 4 is 11.6 Å². The summed E-state index contributed by atoms with van der Waals surface area (Å²) >= 11 is 6.18. The molecule has 3 rings (SSSR count). The Labute approximate surface area is 177 Å². The minimum Gasteiger partial charge on any atom is -0.382 e. The zero-order chi connectivity index (χ0) is 22.8. The van der Waals surface area contributed by atoms with Crippen molar-refractivity contribution in [3.05, 3.63) is 55.8 Å². The van der Waals surface area contributed by atoms with E-state index in [2.05, 4.69) is 15.4 Å². The molecule has 1 aromatic carbocycles. The minimum atomic E-state index is -4.86. The third-order valence-corrected chi connectivity index (χ3v) is 4.48. The number of hydrogen-bond acceptors (Lipinski definition) is 7. The van der Waals surface area contributed by atoms with Crippen LogP contribution in [0.1, 0.15) is 5.69 Å². The van der Waals surface area contributed by atoms with Gasteiger partial charge in [-0.15, -0.1) is 15.0 Å². The molecule has 0 amide bonds. The summed E-state index contributed by atoms with van der Waals surface area (Å²) in [6.45, 7) is 0.683. The Morgan fingerprint density at radius 1 is 1.16 bits per heavy atom. The molecular weight excluding hydrogens is 445 g/mol. The number of tetrazole rings is 1. The molecule has 0 spiro atoms. The highest BCUT2D eigenvalue weighted by Gasteiger charge is 2.35. The third kappa shape index (κ3) is 4.84. The third-order valence-electron chi connectivity index (χ3n) is 4.15. The second kappa shape index (κ2) is 8.99. The number of alkyl halides is 3. The zero-order valence-corrected chi connectivity index (χ0v) is 17.0. The van der Waals surface area contributed by atoms with E-state index in [9.17, 15) is 22.8 Å². The van der Waals surface area contributed by atoms with Crippen molar-refractivity contribution in [1.82, 2.24) is 29.3 Å². The molecule has 2 aromatic heterocycles. The second-order valence-electron chi connectivity index (χ2n) is 6.22. The Kier molecular flexibility index (Phi) is 6.57. The van der Waals surface area contributed by atoms with Gasteiger partial charge in [0.1, 0.15) is 5.69 Å². The first kappa shape index (κ1) is 22.7. The first-order valence-corrected chi connectivity index (χ1v) is 9.06. The van der Waals surface area contributed by atoms with E-state index in [1.165, 1.54) is 25.3 Å². The van der Waals surface area contributed by atoms with E-state index in [1.54, 1.807) is 0 Å². The van der Waals surface area contributed by atoms with Gasteiger partial charge in [0.05, 0.1) is 23.9 Å². The van der Waals surface area contributed by atoms with Gasteiger partial charge >= 0.3 is 11.9 Å². The van der Waals surface area contributed by atoms with Gasteiger partial charge in [-0.3, -0.25) is 9.36 Å². The number of rotatable bonds is 7. The lowest BCUT2D eigenvalue weighted by Gasteiger charge is -2.14. The lowest BCUT2D eigenvalue weighted by molar-refractivity contribution is -0.144. The predicted octanol–water partition coefficient (Wildman–Crippen LogP) is 1.48. The maximum absolute atomic E-state index is 13.0. The van der Waals surface area contributed by atoms with Crippen LogP contribution in [0.2, 0.25) is 5.02 Å². The summed E-state index contributed by atoms with van der Waals surface area (Å²) in [5.74, 6) is 0.0685. The average Bonchev–Trinajstić information content (AvgIpc) is 3.17. The molecule has 0 bridgehead atoms. The van der Waals surface area contributed by atoms with Crippen LogP contribution >= 0.6 is 11.6 Å². The van der Waals surface area contributed by atoms with E-state index in [-0.39, 0.29) is 28.8 Å². The maximum Gasteiger partial charge on any atom is 0.431 e. The van der Waals surface area contributed by atoms with Crippen LogP contribution in [0.25, 0.3) is 17.1 Å². The first-order valence-electron chi connectivity index (χ1n) is 8.68. The second-order valence-corrected chi connectivity index (χ2v) is 6.63. The molecule has 14 heteroatoms. The monoisotopic (exact) mass is 460 g/mol. The molecule has 0 saturated carbocycles. The molecular formula is C17H16ClF3N6O4. The molecule has 0 aliphatic carbocycles. The van der Waals surface area contributed by atoms with E-state index in [4.69, 9.17) is 21.1 Å². The highest BCUT2D eigenvalue weighted by Crippen LogP contribution is 2.28. The molecule has 31 heavy (non-hydrogen) atoms. The van der Waals surface area contributed by atoms with Crippen molar-refractivity contribution in [3.8, 4) is 17.1 Å². The quantitative estimate of drug-likeness (QED) is 0.492. The van der Waals surface area contributed by atoms with Crippen molar-refractivity contribution < 1.29 is 22.6 Å². The summed E-state index contributed by atoms with van der Waals surface area (Å²) in [7, 11) is 2.45. The summed E-state index contributed by atoms with van der Waals surface area (Å²) < 4.78 is 50.2. The fraction of sp³-hybridized carbons (Fsp3) is 0.353. The lowest BCUT2D eigenvalue weighted by Crippen LogP contribution is -2.40. The number of methoxy groups -OCH3 is 1. The number of halogens is 4. The van der Waals surface area contributed by atoms with E-state index >= 15 is 0 Å². The highest BCUT2D eigenvalue weighted by molar-refractivity contribution is 6.33. The van der Waals surface area contributed by atoms with Crippen LogP contribution in [-0.4, -0.2) is 49.7 Å². The SMILES string of the molecule is COCCOCn1nnc(-c2cc(-n3c(=O)cc(C(F)(F)F)n(C)c3=O)ccc2Cl)n1. The summed E-state index contributed by atoms with van der Waals surface area (Å²) in [4.78, 5) is 25.9. The maximum atomic E-state index is 13.0. The lowest BCUT2D eigenvalue weighted by atomic mass is 10.2. The van der Waals surface area contributed by atoms with Crippen LogP contribution < -0.4 is 11.2 Å². The molecule has 0 saturated heterocycles. The molecule has 0 unspecified atom stereocenters. The molecule has 10 nitrogen and oxygen atoms in total. The van der Waals surface area contributed by atoms with Gasteiger partial charge in [0.15, 0.2) is 6.73 Å². The van der Waals surface area contributed by atoms with Gasteiger partial charge in [-0.2, -0.15) is 13.2 Å². The summed E-state index contributed by atoms with van der Waals surface area (Å²) in [6, 6.07) is 4.35. The first-order chi connectivity index (χ1) is 14.6. The molecule has 0 aliphatic rings. The molecule has 0 fully saturated rings. The molecule has 0 aliphatic heterocycles. The normalized spacial score (nSPS) is 11.8. The van der Waals surface area contributed by atoms with Gasteiger partial charge in [-0.05, 0) is 23.4 Å². The van der Waals surface area contributed by atoms with Gasteiger partial charge < -0.3 is 9.47 Å². The van der Waals surface area contributed by atoms with Crippen molar-refractivity contribution in [2.24, 2.45) is 7.05 Å². The Balaban J connectivity index is 2.00. The Morgan fingerprint density at radius 3 is 2.58 bits per heavy atom. The number of ether oxygens (including phenoxy) is 2. The summed E-state index contributed by atoms with van der Waals surface area (Å²) in [5, 5.41) is 12.0. The van der Waals surface area contributed by atoms with Crippen molar-refractivity contribution in [1.29, 1.82) is 0 Å². The average molecular weight is 461 g/mol. The molecule has 2 heterocycles. The summed E-state index contributed by atoms with van der Waals surface area (Å²) in [5.41, 5.74) is -3.46. The number of aromatic nitrogens is 6. The van der Waals surface area contributed by atoms with Gasteiger partial charge in [0, 0.05) is 25.8 Å². The minimum absolute atomic E-state index is 0.00737. The van der Waals surface area contributed by atoms with Gasteiger partial charge in [0.2, 0.25) is 5.82 Å². The van der Waals surface area contributed by atoms with Crippen molar-refractivity contribution in [2.45, 2.75) is 12.9 Å². The molecule has 3 aromatic rings. The molecule has 0 N–H and O–H groups in total. The number of hydrogen-bond donors (Lipinski definition) is 0. The number of benzene rings is 1. The molecule has 0 radical (unpaired) electrons. The summed E-state index contributed by atoms with van der Waals surface area (Å²) in [6.07, 6.45) is -4.86. The van der Waals surface area contributed by atoms with Crippen LogP contribution in [0.5, 0.6) is 0 Å². The van der Waals surface area contributed by atoms with Crippen molar-refractivity contribution in [2.75, 3.05) is 20.3 Å². The van der Waals surface area contributed by atoms with Gasteiger partial charge in [-0.25, -0.2) is 9.36 Å². The Bertz CT molecular complexity index is 1200. The largest absolute Gasteiger partial charge is 0.431 e. The van der Waals surface area contributed by atoms with Crippen LogP contribution in [0, 0.1) is 0 Å². The standard InChI is InChI=1S/C17H16ClF3N6O4/c1-25-13(17(19,20)21)8-14(28)27(16(25)29)10-3-4-12(18)11(7-10)15-22-24-26(23-15)9-31-6-5-30-2/h3-4,7-8H,5-6,9H2,1-2H3. The van der Waals surface area contributed by atoms with Crippen LogP contribution in [0.4, 0.5) is 13.2 Å². The van der Waals surface area contributed by atoms with E-state index < -0.39 is 23.1 Å². The molecule has 166 valence electrons. The fourth-order valence-electron chi connectivity index (χ4n) is 2.65. The smallest absolute Gasteiger partial charge is 0.382 e. The van der Waals surface area contributed by atoms with E-state index in [0.29, 0.717) is 28.4 Å². The zero-order valence-electron chi connectivity index (χ0n) is 16.3. The van der Waals surface area contributed by atoms with Gasteiger partial charge in [-0.1, -0.05) is 11.6 Å². The Morgan fingerprint density at radius 2 is 1.90 bits per heavy atom. The van der Waals surface area contributed by atoms with Crippen molar-refractivity contribution in [3.63, 3.8) is 0 Å². The van der Waals surface area contributed by atoms with Crippen LogP contribution in [0.3, 0.4) is 0 Å². The van der Waals surface area contributed by atoms with E-state index in [1.807, 2.05) is 0 Å². The van der Waals surface area contributed by atoms with Gasteiger partial charge in [0.25, 0.3) is 5.56 Å². The predicted molar refractivity (Wildman–Crippen MR) is 102 cm³/mol.